The van der Waals surface area contributed by atoms with E-state index in [1.165, 1.54) is 0 Å². The number of benzene rings is 3. The van der Waals surface area contributed by atoms with Crippen molar-refractivity contribution in [2.45, 2.75) is 366 Å². The number of methoxy groups -OCH3 is 3. The van der Waals surface area contributed by atoms with E-state index < -0.39 is 123 Å². The molecule has 4 bridgehead atoms. The van der Waals surface area contributed by atoms with Crippen LogP contribution in [0.5, 0.6) is 34.9 Å². The molecule has 8 aliphatic rings. The van der Waals surface area contributed by atoms with Crippen molar-refractivity contribution in [3.05, 3.63) is 97.0 Å². The van der Waals surface area contributed by atoms with Crippen LogP contribution in [0.2, 0.25) is 0 Å². The molecule has 0 radical (unpaired) electrons. The number of carbonyl (C=O) groups excluding carboxylic acids is 9. The minimum absolute atomic E-state index is 0.0500. The number of amides is 3. The monoisotopic (exact) mass is 2020 g/mol. The molecule has 0 N–H and O–H groups in total. The number of allylic oxidation sites excluding steroid dienone is 2. The highest BCUT2D eigenvalue weighted by Crippen LogP contribution is 2.49. The van der Waals surface area contributed by atoms with Gasteiger partial charge in [-0.25, -0.2) is 44.3 Å². The lowest BCUT2D eigenvalue weighted by atomic mass is 9.77. The number of unbranched alkanes of at least 4 members (excludes halogenated alkanes) is 1. The number of ether oxygens (including phenoxy) is 12. The quantitative estimate of drug-likeness (QED) is 0.0249. The number of nitrogens with zero attached hydrogens (tertiary/aromatic N) is 9. The molecule has 6 aromatic rings. The highest BCUT2D eigenvalue weighted by atomic mass is 16.6. The maximum Gasteiger partial charge on any atom is 0.329 e. The summed E-state index contributed by atoms with van der Waals surface area (Å²) in [6, 6.07) is 13.8. The molecule has 0 spiro atoms. The molecule has 18 atom stereocenters. The van der Waals surface area contributed by atoms with Crippen molar-refractivity contribution < 1.29 is 100.0 Å². The van der Waals surface area contributed by atoms with Gasteiger partial charge in [0.2, 0.25) is 35.4 Å². The second kappa shape index (κ2) is 47.6. The summed E-state index contributed by atoms with van der Waals surface area (Å²) in [5.74, 6) is -2.23. The van der Waals surface area contributed by atoms with Gasteiger partial charge in [-0.2, -0.15) is 0 Å². The van der Waals surface area contributed by atoms with Crippen LogP contribution in [-0.2, 0) is 78.0 Å². The van der Waals surface area contributed by atoms with Crippen LogP contribution in [0.3, 0.4) is 0 Å². The lowest BCUT2D eigenvalue weighted by Gasteiger charge is -2.36. The van der Waals surface area contributed by atoms with Crippen LogP contribution in [0, 0.1) is 87.3 Å². The number of fused-ring (bicyclic) bond motifs is 11. The van der Waals surface area contributed by atoms with Gasteiger partial charge in [0.15, 0.2) is 0 Å². The Bertz CT molecular complexity index is 5670. The Kier molecular flexibility index (Phi) is 37.1. The Hall–Kier alpha value is -11.1. The molecule has 3 aromatic heterocycles. The fraction of sp³-hybridized carbons (Fsp3) is 0.664. The second-order valence-electron chi connectivity index (χ2n) is 48.9. The molecule has 3 amide bonds. The Morgan fingerprint density at radius 1 is 0.493 bits per heavy atom. The maximum atomic E-state index is 14.7. The average Bonchev–Trinajstić information content (AvgIpc) is 1.62. The summed E-state index contributed by atoms with van der Waals surface area (Å²) in [6.45, 7) is 54.5. The summed E-state index contributed by atoms with van der Waals surface area (Å²) in [5, 5.41) is 0. The molecule has 146 heavy (non-hydrogen) atoms. The molecule has 3 saturated heterocycles. The van der Waals surface area contributed by atoms with Gasteiger partial charge in [0, 0.05) is 36.0 Å². The van der Waals surface area contributed by atoms with Crippen LogP contribution in [0.15, 0.2) is 79.9 Å². The first-order valence-electron chi connectivity index (χ1n) is 53.2. The minimum Gasteiger partial charge on any atom is -0.497 e. The van der Waals surface area contributed by atoms with E-state index in [0.717, 1.165) is 94.7 Å². The normalized spacial score (nSPS) is 25.8. The zero-order valence-corrected chi connectivity index (χ0v) is 91.9. The summed E-state index contributed by atoms with van der Waals surface area (Å²) in [6.07, 6.45) is 19.8. The number of hydrogen-bond donors (Lipinski definition) is 0. The third kappa shape index (κ3) is 30.4. The van der Waals surface area contributed by atoms with E-state index in [9.17, 15) is 43.2 Å². The summed E-state index contributed by atoms with van der Waals surface area (Å²) in [4.78, 5) is 160. The molecule has 3 aromatic carbocycles. The number of esters is 6. The van der Waals surface area contributed by atoms with Gasteiger partial charge in [-0.1, -0.05) is 135 Å². The van der Waals surface area contributed by atoms with E-state index in [4.69, 9.17) is 86.7 Å². The Labute approximate surface area is 864 Å². The second-order valence-corrected chi connectivity index (χ2v) is 48.9. The highest BCUT2D eigenvalue weighted by Gasteiger charge is 2.58. The lowest BCUT2D eigenvalue weighted by Crippen LogP contribution is -2.50. The molecule has 5 aliphatic heterocycles. The minimum atomic E-state index is -0.937. The first-order valence-corrected chi connectivity index (χ1v) is 53.2. The van der Waals surface area contributed by atoms with Crippen LogP contribution in [0.25, 0.3) is 45.3 Å². The van der Waals surface area contributed by atoms with Gasteiger partial charge in [-0.3, -0.25) is 28.8 Å². The van der Waals surface area contributed by atoms with Crippen LogP contribution in [0.1, 0.15) is 305 Å². The van der Waals surface area contributed by atoms with Gasteiger partial charge in [-0.15, -0.1) is 6.58 Å². The van der Waals surface area contributed by atoms with Gasteiger partial charge >= 0.3 is 35.8 Å². The summed E-state index contributed by atoms with van der Waals surface area (Å²) < 4.78 is 72.1. The summed E-state index contributed by atoms with van der Waals surface area (Å²) in [7, 11) is 4.81. The van der Waals surface area contributed by atoms with E-state index in [-0.39, 0.29) is 116 Å². The van der Waals surface area contributed by atoms with E-state index in [1.807, 2.05) is 185 Å². The van der Waals surface area contributed by atoms with Crippen LogP contribution < -0.4 is 28.4 Å². The van der Waals surface area contributed by atoms with E-state index in [1.54, 1.807) is 48.2 Å². The molecule has 3 aliphatic carbocycles. The van der Waals surface area contributed by atoms with Crippen LogP contribution in [-0.4, -0.2) is 211 Å². The maximum absolute atomic E-state index is 14.7. The smallest absolute Gasteiger partial charge is 0.329 e. The summed E-state index contributed by atoms with van der Waals surface area (Å²) >= 11 is 0. The van der Waals surface area contributed by atoms with E-state index >= 15 is 0 Å². The third-order valence-electron chi connectivity index (χ3n) is 28.7. The summed E-state index contributed by atoms with van der Waals surface area (Å²) in [5.41, 5.74) is 1.68. The first-order chi connectivity index (χ1) is 68.5. The van der Waals surface area contributed by atoms with Crippen molar-refractivity contribution >= 4 is 98.8 Å². The van der Waals surface area contributed by atoms with Crippen LogP contribution in [0.4, 0.5) is 0 Å². The van der Waals surface area contributed by atoms with Crippen molar-refractivity contribution in [1.29, 1.82) is 0 Å². The third-order valence-corrected chi connectivity index (χ3v) is 28.7. The van der Waals surface area contributed by atoms with E-state index in [2.05, 4.69) is 60.8 Å². The molecular formula is C116H165N9O21. The Morgan fingerprint density at radius 3 is 1.42 bits per heavy atom. The fourth-order valence-electron chi connectivity index (χ4n) is 20.9. The Balaban J connectivity index is 0.000000195. The number of carbonyl (C=O) groups is 9. The van der Waals surface area contributed by atoms with Gasteiger partial charge in [-0.05, 0) is 259 Å². The molecule has 8 heterocycles. The fourth-order valence-corrected chi connectivity index (χ4v) is 20.9. The van der Waals surface area contributed by atoms with Gasteiger partial charge in [0.1, 0.15) is 106 Å². The predicted octanol–water partition coefficient (Wildman–Crippen LogP) is 21.1. The van der Waals surface area contributed by atoms with Crippen LogP contribution >= 0.6 is 0 Å². The molecule has 0 unspecified atom stereocenters. The molecule has 3 saturated carbocycles. The van der Waals surface area contributed by atoms with Crippen molar-refractivity contribution in [2.75, 3.05) is 41.0 Å². The molecule has 30 heteroatoms. The molecule has 30 nitrogen and oxygen atoms in total. The topological polar surface area (TPSA) is 351 Å². The first kappa shape index (κ1) is 114. The molecule has 800 valence electrons. The van der Waals surface area contributed by atoms with Crippen molar-refractivity contribution in [3.8, 4) is 34.9 Å². The predicted molar refractivity (Wildman–Crippen MR) is 560 cm³/mol. The number of aromatic nitrogens is 6. The SMILES string of the molecule is C=CCCC[C@@H]1C[C@H]1OC(=O)C[C@H](C(=O)N1C[C@H](Oc2nc3cc(OC)ccc3nc2C=C)[C@@H](CC(C)C)[C@H]1C(=O)OC(C)(C)C)C(C)(C)C.COc1ccc2nc3c(nc2c1)O[C@H]1CN(C(=O)[C@H](C(C)(C)C)CC(=O)O[C@@H]2C[C@H]2CCC/C=C/3)[C@H](C(=O)OC(C)(C)C)[C@@H]1CC(C)C.COc1ccc2nc3c(nc2c1)O[C@H]1CN(C(=O)[C@H](C(C)(C)C)CC(=O)O[C@@H]2C[C@H]2CCCCC3)[C@H](C(=O)OC(C)(C)C)[C@@H]1CC(C)C. The zero-order chi connectivity index (χ0) is 107. The average molecular weight is 2020 g/mol. The number of aryl methyl sites for hydroxylation is 1. The number of hydrogen-bond acceptors (Lipinski definition) is 27. The highest BCUT2D eigenvalue weighted by molar-refractivity contribution is 5.93. The van der Waals surface area contributed by atoms with Crippen molar-refractivity contribution in [2.24, 2.45) is 87.3 Å². The Morgan fingerprint density at radius 2 is 0.952 bits per heavy atom. The zero-order valence-electron chi connectivity index (χ0n) is 91.9. The van der Waals surface area contributed by atoms with E-state index in [0.29, 0.717) is 111 Å². The largest absolute Gasteiger partial charge is 0.497 e. The number of rotatable bonds is 23. The van der Waals surface area contributed by atoms with Gasteiger partial charge in [0.25, 0.3) is 0 Å². The molecular weight excluding hydrogens is 1860 g/mol. The van der Waals surface area contributed by atoms with Gasteiger partial charge in [0.05, 0.1) is 111 Å². The molecule has 6 fully saturated rings. The van der Waals surface area contributed by atoms with Crippen molar-refractivity contribution in [3.63, 3.8) is 0 Å². The van der Waals surface area contributed by atoms with Crippen molar-refractivity contribution in [1.82, 2.24) is 44.6 Å². The lowest BCUT2D eigenvalue weighted by molar-refractivity contribution is -0.167. The van der Waals surface area contributed by atoms with Gasteiger partial charge < -0.3 is 71.5 Å². The number of likely N-dealkylation sites (tertiary alicyclic amines) is 1. The standard InChI is InChI=1S/C40H57N3O7.C38H55N3O7.C38H53N3O7/c1-12-14-15-16-25-20-32(25)48-34(44)22-28(39(5,6)7)37(45)43-23-33(27(19-24(3)4)35(43)38(46)50-40(8,9)10)49-36-29(13-2)41-30-18-17-26(47-11)21-31(30)42-36;2*1-22(2)17-25-31-21-41(33(25)36(44)48-38(6,7)8)35(43)26(37(3,4)5)20-32(42)46-30-18-23(30)13-11-10-12-14-28-34(47-31)40-29-19-24(45-9)15-16-27(29)39-28/h12-13,17-18,21,24-25,27-28,32-33,35H,1-2,14-16,19-20,22-23H2,3-11H3;15-16,19,22-23,25-26,30-31,33H,10-14,17-18,20-21H2,1-9H3;12,14-16,19,22-23,25-26,30-31,33H,10-11,13,17-18,20-21H2,1-9H3/b;;14-12+/t25-,27-,28-,32-,33+,35+;2*23-,25-,26-,30-,31+,33+/m111/s1. The molecule has 14 rings (SSSR count).